The van der Waals surface area contributed by atoms with Crippen LogP contribution in [-0.4, -0.2) is 24.7 Å². The standard InChI is InChI=1S/C22H25Cl2N3O/c1-13-6-7-16(19(24)8-13)21(28)26-25-12-15-9-17-14(2)11-22(3,4)27(5)20(17)10-18(15)23/h6-10,12,14H,11H2,1-5H3,(H,26,28)/b25-12+. The minimum Gasteiger partial charge on any atom is -0.369 e. The molecule has 1 atom stereocenters. The number of hydrogen-bond donors (Lipinski definition) is 1. The molecule has 6 heteroatoms. The van der Waals surface area contributed by atoms with E-state index in [0.29, 0.717) is 21.5 Å². The number of hydrazone groups is 1. The maximum Gasteiger partial charge on any atom is 0.272 e. The molecule has 0 saturated carbocycles. The Morgan fingerprint density at radius 2 is 1.96 bits per heavy atom. The molecule has 1 aliphatic heterocycles. The maximum atomic E-state index is 12.3. The van der Waals surface area contributed by atoms with Gasteiger partial charge in [0.25, 0.3) is 5.91 Å². The van der Waals surface area contributed by atoms with E-state index >= 15 is 0 Å². The number of nitrogens with zero attached hydrogens (tertiary/aromatic N) is 2. The van der Waals surface area contributed by atoms with Gasteiger partial charge in [0.2, 0.25) is 0 Å². The van der Waals surface area contributed by atoms with Crippen molar-refractivity contribution in [3.8, 4) is 0 Å². The van der Waals surface area contributed by atoms with Crippen molar-refractivity contribution in [2.75, 3.05) is 11.9 Å². The summed E-state index contributed by atoms with van der Waals surface area (Å²) >= 11 is 12.6. The number of halogens is 2. The van der Waals surface area contributed by atoms with Crippen molar-refractivity contribution in [2.45, 2.75) is 45.6 Å². The van der Waals surface area contributed by atoms with Crippen molar-refractivity contribution in [1.82, 2.24) is 5.43 Å². The molecular formula is C22H25Cl2N3O. The molecule has 28 heavy (non-hydrogen) atoms. The monoisotopic (exact) mass is 417 g/mol. The molecule has 0 saturated heterocycles. The number of fused-ring (bicyclic) bond motifs is 1. The molecule has 0 aromatic heterocycles. The first kappa shape index (κ1) is 20.7. The normalized spacial score (nSPS) is 18.2. The molecular weight excluding hydrogens is 393 g/mol. The molecule has 3 rings (SSSR count). The first-order valence-corrected chi connectivity index (χ1v) is 10.0. The minimum absolute atomic E-state index is 0.0760. The van der Waals surface area contributed by atoms with E-state index < -0.39 is 0 Å². The molecule has 1 unspecified atom stereocenters. The van der Waals surface area contributed by atoms with Gasteiger partial charge in [0.1, 0.15) is 0 Å². The fraction of sp³-hybridized carbons (Fsp3) is 0.364. The van der Waals surface area contributed by atoms with Crippen molar-refractivity contribution < 1.29 is 4.79 Å². The molecule has 1 amide bonds. The van der Waals surface area contributed by atoms with Crippen LogP contribution < -0.4 is 10.3 Å². The Morgan fingerprint density at radius 3 is 2.64 bits per heavy atom. The number of rotatable bonds is 3. The molecule has 0 spiro atoms. The van der Waals surface area contributed by atoms with Crippen molar-refractivity contribution in [3.63, 3.8) is 0 Å². The average molecular weight is 418 g/mol. The van der Waals surface area contributed by atoms with Crippen LogP contribution in [0.1, 0.15) is 60.2 Å². The van der Waals surface area contributed by atoms with Crippen LogP contribution in [0.4, 0.5) is 5.69 Å². The Bertz CT molecular complexity index is 953. The van der Waals surface area contributed by atoms with Gasteiger partial charge in [-0.2, -0.15) is 5.10 Å². The molecule has 0 bridgehead atoms. The maximum absolute atomic E-state index is 12.3. The summed E-state index contributed by atoms with van der Waals surface area (Å²) in [7, 11) is 2.10. The summed E-state index contributed by atoms with van der Waals surface area (Å²) in [6.45, 7) is 8.62. The van der Waals surface area contributed by atoms with Crippen LogP contribution in [0.25, 0.3) is 0 Å². The molecule has 1 aliphatic rings. The average Bonchev–Trinajstić information content (AvgIpc) is 2.60. The summed E-state index contributed by atoms with van der Waals surface area (Å²) < 4.78 is 0. The van der Waals surface area contributed by atoms with Gasteiger partial charge >= 0.3 is 0 Å². The van der Waals surface area contributed by atoms with Crippen LogP contribution in [-0.2, 0) is 0 Å². The SMILES string of the molecule is Cc1ccc(C(=O)N/N=C/c2cc3c(cc2Cl)N(C)C(C)(C)CC3C)c(Cl)c1. The highest BCUT2D eigenvalue weighted by atomic mass is 35.5. The van der Waals surface area contributed by atoms with Crippen molar-refractivity contribution in [1.29, 1.82) is 0 Å². The fourth-order valence-electron chi connectivity index (χ4n) is 3.73. The lowest BCUT2D eigenvalue weighted by Gasteiger charge is -2.45. The van der Waals surface area contributed by atoms with E-state index in [1.807, 2.05) is 19.1 Å². The first-order valence-electron chi connectivity index (χ1n) is 9.27. The molecule has 1 N–H and O–H groups in total. The van der Waals surface area contributed by atoms with E-state index in [-0.39, 0.29) is 11.4 Å². The number of amides is 1. The molecule has 0 radical (unpaired) electrons. The van der Waals surface area contributed by atoms with E-state index in [2.05, 4.69) is 49.3 Å². The van der Waals surface area contributed by atoms with Crippen LogP contribution in [0, 0.1) is 6.92 Å². The van der Waals surface area contributed by atoms with Crippen LogP contribution in [0.15, 0.2) is 35.4 Å². The highest BCUT2D eigenvalue weighted by molar-refractivity contribution is 6.34. The molecule has 0 fully saturated rings. The zero-order valence-electron chi connectivity index (χ0n) is 16.8. The zero-order chi connectivity index (χ0) is 20.6. The van der Waals surface area contributed by atoms with Crippen LogP contribution in [0.2, 0.25) is 10.0 Å². The Hall–Kier alpha value is -2.04. The number of aryl methyl sites for hydroxylation is 1. The van der Waals surface area contributed by atoms with Crippen LogP contribution in [0.3, 0.4) is 0 Å². The summed E-state index contributed by atoms with van der Waals surface area (Å²) in [5, 5.41) is 5.08. The number of nitrogens with one attached hydrogen (secondary N) is 1. The molecule has 4 nitrogen and oxygen atoms in total. The number of hydrogen-bond acceptors (Lipinski definition) is 3. The largest absolute Gasteiger partial charge is 0.369 e. The Balaban J connectivity index is 1.81. The van der Waals surface area contributed by atoms with Gasteiger partial charge in [-0.25, -0.2) is 5.43 Å². The third-order valence-corrected chi connectivity index (χ3v) is 6.13. The predicted molar refractivity (Wildman–Crippen MR) is 118 cm³/mol. The quantitative estimate of drug-likeness (QED) is 0.507. The van der Waals surface area contributed by atoms with Gasteiger partial charge in [-0.3, -0.25) is 4.79 Å². The van der Waals surface area contributed by atoms with Gasteiger partial charge in [0, 0.05) is 23.8 Å². The highest BCUT2D eigenvalue weighted by Gasteiger charge is 2.34. The lowest BCUT2D eigenvalue weighted by molar-refractivity contribution is 0.0955. The van der Waals surface area contributed by atoms with Gasteiger partial charge in [0.05, 0.1) is 21.8 Å². The summed E-state index contributed by atoms with van der Waals surface area (Å²) in [5.41, 5.74) is 7.13. The van der Waals surface area contributed by atoms with Gasteiger partial charge in [-0.05, 0) is 68.5 Å². The second-order valence-corrected chi connectivity index (χ2v) is 8.91. The van der Waals surface area contributed by atoms with Crippen molar-refractivity contribution in [2.24, 2.45) is 5.10 Å². The Morgan fingerprint density at radius 1 is 1.25 bits per heavy atom. The molecule has 1 heterocycles. The summed E-state index contributed by atoms with van der Waals surface area (Å²) in [4.78, 5) is 14.6. The number of carbonyl (C=O) groups excluding carboxylic acids is 1. The minimum atomic E-state index is -0.356. The third kappa shape index (κ3) is 4.03. The van der Waals surface area contributed by atoms with Gasteiger partial charge in [0.15, 0.2) is 0 Å². The second kappa shape index (κ2) is 7.76. The first-order chi connectivity index (χ1) is 13.1. The van der Waals surface area contributed by atoms with Crippen LogP contribution in [0.5, 0.6) is 0 Å². The Labute approximate surface area is 176 Å². The van der Waals surface area contributed by atoms with E-state index in [0.717, 1.165) is 23.2 Å². The van der Waals surface area contributed by atoms with E-state index in [9.17, 15) is 4.79 Å². The zero-order valence-corrected chi connectivity index (χ0v) is 18.3. The van der Waals surface area contributed by atoms with Gasteiger partial charge in [-0.15, -0.1) is 0 Å². The molecule has 148 valence electrons. The highest BCUT2D eigenvalue weighted by Crippen LogP contribution is 2.44. The lowest BCUT2D eigenvalue weighted by atomic mass is 9.80. The lowest BCUT2D eigenvalue weighted by Crippen LogP contribution is -2.45. The van der Waals surface area contributed by atoms with E-state index in [1.54, 1.807) is 18.3 Å². The van der Waals surface area contributed by atoms with Crippen molar-refractivity contribution >= 4 is 41.0 Å². The van der Waals surface area contributed by atoms with Gasteiger partial charge in [-0.1, -0.05) is 36.2 Å². The van der Waals surface area contributed by atoms with Crippen molar-refractivity contribution in [3.05, 3.63) is 62.6 Å². The van der Waals surface area contributed by atoms with Gasteiger partial charge < -0.3 is 4.90 Å². The predicted octanol–water partition coefficient (Wildman–Crippen LogP) is 5.79. The Kier molecular flexibility index (Phi) is 5.74. The molecule has 2 aromatic rings. The smallest absolute Gasteiger partial charge is 0.272 e. The number of carbonyl (C=O) groups is 1. The third-order valence-electron chi connectivity index (χ3n) is 5.49. The fourth-order valence-corrected chi connectivity index (χ4v) is 4.26. The molecule has 0 aliphatic carbocycles. The van der Waals surface area contributed by atoms with Crippen LogP contribution >= 0.6 is 23.2 Å². The summed E-state index contributed by atoms with van der Waals surface area (Å²) in [6.07, 6.45) is 2.63. The van der Waals surface area contributed by atoms with E-state index in [4.69, 9.17) is 23.2 Å². The number of anilines is 1. The molecule has 2 aromatic carbocycles. The number of benzene rings is 2. The summed E-state index contributed by atoms with van der Waals surface area (Å²) in [5.74, 6) is 0.0526. The van der Waals surface area contributed by atoms with E-state index in [1.165, 1.54) is 5.56 Å². The second-order valence-electron chi connectivity index (χ2n) is 8.09. The topological polar surface area (TPSA) is 44.7 Å². The summed E-state index contributed by atoms with van der Waals surface area (Å²) in [6, 6.07) is 9.31.